The van der Waals surface area contributed by atoms with E-state index in [0.29, 0.717) is 11.3 Å². The summed E-state index contributed by atoms with van der Waals surface area (Å²) in [5.74, 6) is 0. The van der Waals surface area contributed by atoms with E-state index in [1.165, 1.54) is 0 Å². The van der Waals surface area contributed by atoms with E-state index in [4.69, 9.17) is 4.74 Å². The Kier molecular flexibility index (Phi) is 2.40. The second-order valence-corrected chi connectivity index (χ2v) is 5.73. The van der Waals surface area contributed by atoms with E-state index in [2.05, 4.69) is 6.58 Å². The summed E-state index contributed by atoms with van der Waals surface area (Å²) in [6.45, 7) is 3.81. The van der Waals surface area contributed by atoms with Crippen LogP contribution in [0.25, 0.3) is 0 Å². The number of hydrogen-bond donors (Lipinski definition) is 0. The molecule has 1 saturated heterocycles. The van der Waals surface area contributed by atoms with Crippen LogP contribution < -0.4 is 0 Å². The summed E-state index contributed by atoms with van der Waals surface area (Å²) in [5, 5.41) is 0. The molecular weight excluding hydrogens is 212 g/mol. The summed E-state index contributed by atoms with van der Waals surface area (Å²) in [5.41, 5.74) is 0. The van der Waals surface area contributed by atoms with Gasteiger partial charge >= 0.3 is 0 Å². The Balaban J connectivity index is 2.41. The normalized spacial score (nSPS) is 24.8. The van der Waals surface area contributed by atoms with Crippen LogP contribution in [0.5, 0.6) is 0 Å². The molecule has 1 fully saturated rings. The molecule has 0 radical (unpaired) electrons. The first-order chi connectivity index (χ1) is 7.12. The second kappa shape index (κ2) is 3.47. The maximum Gasteiger partial charge on any atom is 0.210 e. The highest BCUT2D eigenvalue weighted by Gasteiger charge is 2.56. The Hall–Kier alpha value is -1.13. The van der Waals surface area contributed by atoms with E-state index < -0.39 is 14.8 Å². The SMILES string of the molecule is C=CCC1(S(=O)(=O)c2ccccc2)CO1. The number of benzene rings is 1. The van der Waals surface area contributed by atoms with Crippen molar-refractivity contribution in [3.8, 4) is 0 Å². The first kappa shape index (κ1) is 10.4. The average Bonchev–Trinajstić information content (AvgIpc) is 3.01. The van der Waals surface area contributed by atoms with Gasteiger partial charge in [0.05, 0.1) is 11.5 Å². The standard InChI is InChI=1S/C11H12O3S/c1-2-8-11(9-14-11)15(12,13)10-6-4-3-5-7-10/h2-7H,1,8-9H2. The molecule has 0 spiro atoms. The van der Waals surface area contributed by atoms with E-state index in [9.17, 15) is 8.42 Å². The van der Waals surface area contributed by atoms with Crippen molar-refractivity contribution in [1.29, 1.82) is 0 Å². The van der Waals surface area contributed by atoms with Gasteiger partial charge in [-0.05, 0) is 12.1 Å². The molecule has 1 unspecified atom stereocenters. The van der Waals surface area contributed by atoms with Crippen molar-refractivity contribution in [3.05, 3.63) is 43.0 Å². The minimum atomic E-state index is -3.38. The van der Waals surface area contributed by atoms with Crippen molar-refractivity contribution in [2.24, 2.45) is 0 Å². The molecular formula is C11H12O3S. The van der Waals surface area contributed by atoms with Gasteiger partial charge in [0, 0.05) is 6.42 Å². The number of ether oxygens (including phenoxy) is 1. The van der Waals surface area contributed by atoms with Gasteiger partial charge in [0.15, 0.2) is 4.93 Å². The molecule has 1 atom stereocenters. The number of epoxide rings is 1. The molecule has 4 heteroatoms. The van der Waals surface area contributed by atoms with E-state index in [-0.39, 0.29) is 6.61 Å². The topological polar surface area (TPSA) is 46.7 Å². The Morgan fingerprint density at radius 1 is 1.40 bits per heavy atom. The van der Waals surface area contributed by atoms with Crippen LogP contribution in [0.15, 0.2) is 47.9 Å². The first-order valence-corrected chi connectivity index (χ1v) is 6.15. The van der Waals surface area contributed by atoms with Gasteiger partial charge < -0.3 is 4.74 Å². The van der Waals surface area contributed by atoms with Crippen molar-refractivity contribution in [1.82, 2.24) is 0 Å². The Bertz CT molecular complexity index is 458. The van der Waals surface area contributed by atoms with Gasteiger partial charge in [-0.15, -0.1) is 6.58 Å². The van der Waals surface area contributed by atoms with E-state index in [1.807, 2.05) is 0 Å². The molecule has 0 amide bonds. The quantitative estimate of drug-likeness (QED) is 0.578. The Morgan fingerprint density at radius 2 is 2.00 bits per heavy atom. The zero-order chi connectivity index (χ0) is 10.9. The zero-order valence-electron chi connectivity index (χ0n) is 8.22. The lowest BCUT2D eigenvalue weighted by molar-refractivity contribution is 0.369. The molecule has 0 aliphatic carbocycles. The van der Waals surface area contributed by atoms with Crippen LogP contribution in [0.1, 0.15) is 6.42 Å². The van der Waals surface area contributed by atoms with Crippen LogP contribution in [-0.4, -0.2) is 20.0 Å². The molecule has 1 aromatic rings. The van der Waals surface area contributed by atoms with Gasteiger partial charge in [0.25, 0.3) is 0 Å². The van der Waals surface area contributed by atoms with Crippen LogP contribution in [-0.2, 0) is 14.6 Å². The Labute approximate surface area is 89.3 Å². The van der Waals surface area contributed by atoms with Gasteiger partial charge in [0.1, 0.15) is 0 Å². The highest BCUT2D eigenvalue weighted by atomic mass is 32.2. The highest BCUT2D eigenvalue weighted by molar-refractivity contribution is 7.93. The van der Waals surface area contributed by atoms with Crippen LogP contribution in [0, 0.1) is 0 Å². The lowest BCUT2D eigenvalue weighted by atomic mass is 10.3. The van der Waals surface area contributed by atoms with Gasteiger partial charge in [-0.2, -0.15) is 0 Å². The van der Waals surface area contributed by atoms with Crippen LogP contribution in [0.4, 0.5) is 0 Å². The summed E-state index contributed by atoms with van der Waals surface area (Å²) in [6.07, 6.45) is 1.91. The maximum absolute atomic E-state index is 12.1. The molecule has 0 aromatic heterocycles. The number of rotatable bonds is 4. The summed E-state index contributed by atoms with van der Waals surface area (Å²) in [4.78, 5) is -0.736. The molecule has 15 heavy (non-hydrogen) atoms. The summed E-state index contributed by atoms with van der Waals surface area (Å²) >= 11 is 0. The fourth-order valence-electron chi connectivity index (χ4n) is 1.50. The maximum atomic E-state index is 12.1. The Morgan fingerprint density at radius 3 is 2.47 bits per heavy atom. The predicted octanol–water partition coefficient (Wildman–Crippen LogP) is 1.76. The van der Waals surface area contributed by atoms with Crippen molar-refractivity contribution in [2.75, 3.05) is 6.61 Å². The molecule has 2 rings (SSSR count). The number of hydrogen-bond acceptors (Lipinski definition) is 3. The van der Waals surface area contributed by atoms with Crippen LogP contribution >= 0.6 is 0 Å². The van der Waals surface area contributed by atoms with E-state index >= 15 is 0 Å². The fraction of sp³-hybridized carbons (Fsp3) is 0.273. The lowest BCUT2D eigenvalue weighted by Crippen LogP contribution is -2.24. The largest absolute Gasteiger partial charge is 0.352 e. The van der Waals surface area contributed by atoms with Crippen molar-refractivity contribution >= 4 is 9.84 Å². The third-order valence-corrected chi connectivity index (χ3v) is 4.74. The average molecular weight is 224 g/mol. The second-order valence-electron chi connectivity index (χ2n) is 3.51. The predicted molar refractivity (Wildman–Crippen MR) is 57.1 cm³/mol. The third kappa shape index (κ3) is 1.60. The third-order valence-electron chi connectivity index (χ3n) is 2.46. The van der Waals surface area contributed by atoms with E-state index in [1.54, 1.807) is 36.4 Å². The van der Waals surface area contributed by atoms with Gasteiger partial charge in [0.2, 0.25) is 9.84 Å². The monoisotopic (exact) mass is 224 g/mol. The smallest absolute Gasteiger partial charge is 0.210 e. The van der Waals surface area contributed by atoms with Crippen LogP contribution in [0.2, 0.25) is 0 Å². The molecule has 1 aromatic carbocycles. The lowest BCUT2D eigenvalue weighted by Gasteiger charge is -2.10. The van der Waals surface area contributed by atoms with Crippen molar-refractivity contribution in [3.63, 3.8) is 0 Å². The number of sulfone groups is 1. The van der Waals surface area contributed by atoms with Crippen LogP contribution in [0.3, 0.4) is 0 Å². The summed E-state index contributed by atoms with van der Waals surface area (Å²) in [7, 11) is -3.38. The minimum absolute atomic E-state index is 0.260. The molecule has 1 heterocycles. The fourth-order valence-corrected chi connectivity index (χ4v) is 3.15. The summed E-state index contributed by atoms with van der Waals surface area (Å²) in [6, 6.07) is 8.37. The minimum Gasteiger partial charge on any atom is -0.352 e. The zero-order valence-corrected chi connectivity index (χ0v) is 9.03. The molecule has 3 nitrogen and oxygen atoms in total. The molecule has 0 saturated carbocycles. The van der Waals surface area contributed by atoms with Crippen molar-refractivity contribution in [2.45, 2.75) is 16.2 Å². The molecule has 0 bridgehead atoms. The molecule has 80 valence electrons. The van der Waals surface area contributed by atoms with Gasteiger partial charge in [-0.3, -0.25) is 0 Å². The molecule has 0 N–H and O–H groups in total. The van der Waals surface area contributed by atoms with E-state index in [0.717, 1.165) is 0 Å². The van der Waals surface area contributed by atoms with Gasteiger partial charge in [-0.25, -0.2) is 8.42 Å². The summed E-state index contributed by atoms with van der Waals surface area (Å²) < 4.78 is 29.4. The highest BCUT2D eigenvalue weighted by Crippen LogP contribution is 2.41. The first-order valence-electron chi connectivity index (χ1n) is 4.67. The molecule has 1 aliphatic rings. The van der Waals surface area contributed by atoms with Gasteiger partial charge in [-0.1, -0.05) is 24.3 Å². The molecule has 1 aliphatic heterocycles. The van der Waals surface area contributed by atoms with Crippen molar-refractivity contribution < 1.29 is 13.2 Å².